The molecule has 0 radical (unpaired) electrons. The number of ether oxygens (including phenoxy) is 2. The van der Waals surface area contributed by atoms with Crippen molar-refractivity contribution in [1.29, 1.82) is 5.26 Å². The first kappa shape index (κ1) is 26.7. The summed E-state index contributed by atoms with van der Waals surface area (Å²) < 4.78 is 27.6. The van der Waals surface area contributed by atoms with Gasteiger partial charge >= 0.3 is 6.01 Å². The Bertz CT molecular complexity index is 1430. The van der Waals surface area contributed by atoms with Crippen molar-refractivity contribution in [2.75, 3.05) is 36.9 Å². The number of nitrogens with zero attached hydrogens (tertiary/aromatic N) is 5. The lowest BCUT2D eigenvalue weighted by atomic mass is 9.69. The van der Waals surface area contributed by atoms with Crippen LogP contribution in [0.5, 0.6) is 6.01 Å². The molecular weight excluding hydrogens is 519 g/mol. The van der Waals surface area contributed by atoms with Crippen molar-refractivity contribution >= 4 is 11.5 Å². The molecule has 0 amide bonds. The van der Waals surface area contributed by atoms with Gasteiger partial charge in [-0.2, -0.15) is 15.2 Å². The maximum Gasteiger partial charge on any atom is 0.318 e. The molecule has 9 heteroatoms. The van der Waals surface area contributed by atoms with Gasteiger partial charge in [0.15, 0.2) is 0 Å². The predicted molar refractivity (Wildman–Crippen MR) is 155 cm³/mol. The number of halogens is 1. The monoisotopic (exact) mass is 558 g/mol. The van der Waals surface area contributed by atoms with E-state index in [-0.39, 0.29) is 11.5 Å². The average Bonchev–Trinajstić information content (AvgIpc) is 3.65. The number of allylic oxidation sites excluding steroid dienone is 1. The summed E-state index contributed by atoms with van der Waals surface area (Å²) in [6.07, 6.45) is 7.98. The highest BCUT2D eigenvalue weighted by molar-refractivity contribution is 5.64. The summed E-state index contributed by atoms with van der Waals surface area (Å²) in [5, 5.41) is 10.2. The fourth-order valence-corrected chi connectivity index (χ4v) is 8.31. The summed E-state index contributed by atoms with van der Waals surface area (Å²) in [5.41, 5.74) is 10.1. The van der Waals surface area contributed by atoms with E-state index in [9.17, 15) is 9.65 Å². The van der Waals surface area contributed by atoms with Gasteiger partial charge in [-0.25, -0.2) is 4.39 Å². The zero-order valence-corrected chi connectivity index (χ0v) is 23.9. The molecule has 0 saturated carbocycles. The molecule has 3 fully saturated rings. The van der Waals surface area contributed by atoms with Crippen LogP contribution in [-0.2, 0) is 23.4 Å². The third-order valence-electron chi connectivity index (χ3n) is 10.4. The molecule has 0 bridgehead atoms. The second-order valence-corrected chi connectivity index (χ2v) is 12.8. The lowest BCUT2D eigenvalue weighted by Gasteiger charge is -2.45. The van der Waals surface area contributed by atoms with Crippen molar-refractivity contribution in [3.05, 3.63) is 52.7 Å². The highest BCUT2D eigenvalue weighted by atomic mass is 19.1. The molecule has 41 heavy (non-hydrogen) atoms. The number of benzene rings is 1. The van der Waals surface area contributed by atoms with Gasteiger partial charge < -0.3 is 20.1 Å². The van der Waals surface area contributed by atoms with Gasteiger partial charge in [0.05, 0.1) is 23.4 Å². The number of rotatable bonds is 5. The fraction of sp³-hybridized carbons (Fsp3) is 0.594. The zero-order chi connectivity index (χ0) is 28.4. The van der Waals surface area contributed by atoms with Crippen molar-refractivity contribution in [2.45, 2.75) is 94.2 Å². The first-order chi connectivity index (χ1) is 19.9. The number of fused-ring (bicyclic) bond motifs is 4. The minimum atomic E-state index is -0.811. The fourth-order valence-electron chi connectivity index (χ4n) is 8.31. The van der Waals surface area contributed by atoms with Gasteiger partial charge in [0.1, 0.15) is 30.3 Å². The van der Waals surface area contributed by atoms with E-state index in [2.05, 4.69) is 29.4 Å². The summed E-state index contributed by atoms with van der Waals surface area (Å²) >= 11 is 0. The normalized spacial score (nSPS) is 32.4. The molecule has 1 spiro atoms. The number of hydrogen-bond donors (Lipinski definition) is 1. The number of nitriles is 1. The third kappa shape index (κ3) is 4.21. The SMILES string of the molecule is C=CC1CC[C@]2(Cc3nc(OC[C@@]45CCCN4C[C@H](F)C5)nc(N4CCC[C@@H]4C)c3CO2)c2c1ccc(N)c2C#N. The standard InChI is InChI=1S/C32H39FN6O2/c1-3-21-9-11-32(28-23(21)7-8-26(35)24(28)16-34)15-27-25(18-41-32)29(39-13-4-6-20(39)2)37-30(36-27)40-19-31-10-5-12-38(31)17-22(33)14-31/h3,7-8,20-22H,1,4-6,9-15,17-19,35H2,2H3/t20-,21?,22+,31-,32-/m0/s1. The minimum Gasteiger partial charge on any atom is -0.461 e. The Balaban J connectivity index is 1.29. The highest BCUT2D eigenvalue weighted by Crippen LogP contribution is 2.51. The van der Waals surface area contributed by atoms with E-state index < -0.39 is 11.8 Å². The molecule has 216 valence electrons. The maximum atomic E-state index is 14.4. The molecule has 7 rings (SSSR count). The Morgan fingerprint density at radius 2 is 2.15 bits per heavy atom. The van der Waals surface area contributed by atoms with E-state index in [0.717, 1.165) is 79.8 Å². The number of aromatic nitrogens is 2. The molecule has 2 aromatic rings. The molecule has 3 saturated heterocycles. The van der Waals surface area contributed by atoms with E-state index in [1.165, 1.54) is 0 Å². The Morgan fingerprint density at radius 1 is 1.27 bits per heavy atom. The van der Waals surface area contributed by atoms with E-state index in [0.29, 0.717) is 55.9 Å². The first-order valence-electron chi connectivity index (χ1n) is 15.1. The predicted octanol–water partition coefficient (Wildman–Crippen LogP) is 4.91. The molecule has 1 aliphatic carbocycles. The van der Waals surface area contributed by atoms with E-state index >= 15 is 0 Å². The Hall–Kier alpha value is -3.22. The number of nitrogens with two attached hydrogens (primary N) is 1. The van der Waals surface area contributed by atoms with Crippen LogP contribution in [0.15, 0.2) is 24.8 Å². The Kier molecular flexibility index (Phi) is 6.47. The lowest BCUT2D eigenvalue weighted by Crippen LogP contribution is -2.44. The smallest absolute Gasteiger partial charge is 0.318 e. The second-order valence-electron chi connectivity index (χ2n) is 12.8. The minimum absolute atomic E-state index is 0.137. The van der Waals surface area contributed by atoms with Crippen LogP contribution in [-0.4, -0.2) is 58.9 Å². The van der Waals surface area contributed by atoms with Crippen LogP contribution in [0.1, 0.15) is 85.7 Å². The van der Waals surface area contributed by atoms with Gasteiger partial charge in [-0.3, -0.25) is 4.90 Å². The summed E-state index contributed by atoms with van der Waals surface area (Å²) in [6, 6.07) is 6.93. The number of alkyl halides is 1. The van der Waals surface area contributed by atoms with Crippen LogP contribution in [0.3, 0.4) is 0 Å². The van der Waals surface area contributed by atoms with Crippen LogP contribution in [0.2, 0.25) is 0 Å². The number of anilines is 2. The van der Waals surface area contributed by atoms with Crippen LogP contribution in [0.4, 0.5) is 15.9 Å². The first-order valence-corrected chi connectivity index (χ1v) is 15.1. The Labute approximate surface area is 241 Å². The Morgan fingerprint density at radius 3 is 2.93 bits per heavy atom. The molecule has 8 nitrogen and oxygen atoms in total. The maximum absolute atomic E-state index is 14.4. The van der Waals surface area contributed by atoms with E-state index in [1.54, 1.807) is 0 Å². The van der Waals surface area contributed by atoms with Crippen molar-refractivity contribution in [3.8, 4) is 12.1 Å². The number of nitrogen functional groups attached to an aromatic ring is 1. The zero-order valence-electron chi connectivity index (χ0n) is 23.9. The van der Waals surface area contributed by atoms with Gasteiger partial charge in [0.25, 0.3) is 0 Å². The molecule has 2 N–H and O–H groups in total. The largest absolute Gasteiger partial charge is 0.461 e. The van der Waals surface area contributed by atoms with Crippen LogP contribution >= 0.6 is 0 Å². The van der Waals surface area contributed by atoms with Gasteiger partial charge in [-0.15, -0.1) is 6.58 Å². The quantitative estimate of drug-likeness (QED) is 0.408. The lowest BCUT2D eigenvalue weighted by molar-refractivity contribution is -0.0867. The van der Waals surface area contributed by atoms with Gasteiger partial charge in [0, 0.05) is 54.7 Å². The van der Waals surface area contributed by atoms with Crippen LogP contribution in [0, 0.1) is 11.3 Å². The summed E-state index contributed by atoms with van der Waals surface area (Å²) in [4.78, 5) is 14.6. The molecule has 4 aliphatic heterocycles. The molecule has 5 atom stereocenters. The highest BCUT2D eigenvalue weighted by Gasteiger charge is 2.50. The van der Waals surface area contributed by atoms with Crippen LogP contribution in [0.25, 0.3) is 0 Å². The van der Waals surface area contributed by atoms with Gasteiger partial charge in [0.2, 0.25) is 0 Å². The third-order valence-corrected chi connectivity index (χ3v) is 10.4. The van der Waals surface area contributed by atoms with Crippen molar-refractivity contribution in [1.82, 2.24) is 14.9 Å². The average molecular weight is 559 g/mol. The van der Waals surface area contributed by atoms with Crippen molar-refractivity contribution in [3.63, 3.8) is 0 Å². The molecular formula is C32H39FN6O2. The molecule has 1 unspecified atom stereocenters. The van der Waals surface area contributed by atoms with Crippen LogP contribution < -0.4 is 15.4 Å². The topological polar surface area (TPSA) is 101 Å². The number of hydrogen-bond acceptors (Lipinski definition) is 8. The summed E-state index contributed by atoms with van der Waals surface area (Å²) in [7, 11) is 0. The molecule has 5 heterocycles. The molecule has 1 aromatic carbocycles. The van der Waals surface area contributed by atoms with Crippen molar-refractivity contribution in [2.24, 2.45) is 0 Å². The van der Waals surface area contributed by atoms with Crippen molar-refractivity contribution < 1.29 is 13.9 Å². The summed E-state index contributed by atoms with van der Waals surface area (Å²) in [6.45, 7) is 9.37. The molecule has 5 aliphatic rings. The second kappa shape index (κ2) is 9.95. The van der Waals surface area contributed by atoms with Gasteiger partial charge in [-0.1, -0.05) is 12.1 Å². The summed E-state index contributed by atoms with van der Waals surface area (Å²) in [5.74, 6) is 1.02. The van der Waals surface area contributed by atoms with E-state index in [1.807, 2.05) is 18.2 Å². The van der Waals surface area contributed by atoms with E-state index in [4.69, 9.17) is 25.2 Å². The van der Waals surface area contributed by atoms with Gasteiger partial charge in [-0.05, 0) is 63.6 Å². The molecule has 1 aromatic heterocycles.